The van der Waals surface area contributed by atoms with Crippen molar-refractivity contribution in [3.05, 3.63) is 50.7 Å². The molecule has 0 atom stereocenters. The van der Waals surface area contributed by atoms with E-state index in [1.807, 2.05) is 13.8 Å². The maximum atomic E-state index is 13.5. The predicted molar refractivity (Wildman–Crippen MR) is 75.1 cm³/mol. The monoisotopic (exact) mass is 362 g/mol. The first-order valence-corrected chi connectivity index (χ1v) is 6.93. The van der Waals surface area contributed by atoms with Crippen LogP contribution in [0.4, 0.5) is 8.78 Å². The fourth-order valence-corrected chi connectivity index (χ4v) is 2.49. The lowest BCUT2D eigenvalue weighted by atomic mass is 10.1. The summed E-state index contributed by atoms with van der Waals surface area (Å²) in [6, 6.07) is 2.02. The van der Waals surface area contributed by atoms with Gasteiger partial charge < -0.3 is 0 Å². The summed E-state index contributed by atoms with van der Waals surface area (Å²) in [5.74, 6) is -2.66. The summed E-state index contributed by atoms with van der Waals surface area (Å²) in [7, 11) is 0. The second-order valence-corrected chi connectivity index (χ2v) is 5.63. The van der Waals surface area contributed by atoms with Crippen molar-refractivity contribution in [2.24, 2.45) is 0 Å². The van der Waals surface area contributed by atoms with Crippen LogP contribution in [0, 0.1) is 11.6 Å². The number of aromatic nitrogens is 2. The second kappa shape index (κ2) is 5.61. The van der Waals surface area contributed by atoms with Crippen molar-refractivity contribution in [1.82, 2.24) is 9.78 Å². The first-order chi connectivity index (χ1) is 9.34. The summed E-state index contributed by atoms with van der Waals surface area (Å²) in [5, 5.41) is 4.18. The Labute approximate surface area is 127 Å². The summed E-state index contributed by atoms with van der Waals surface area (Å²) in [4.78, 5) is 12.5. The van der Waals surface area contributed by atoms with Crippen molar-refractivity contribution in [2.45, 2.75) is 19.9 Å². The number of nitrogens with zero attached hydrogens (tertiary/aromatic N) is 2. The molecule has 106 valence electrons. The van der Waals surface area contributed by atoms with Gasteiger partial charge in [0.25, 0.3) is 0 Å². The van der Waals surface area contributed by atoms with E-state index in [1.165, 1.54) is 16.9 Å². The van der Waals surface area contributed by atoms with Crippen molar-refractivity contribution in [2.75, 3.05) is 0 Å². The molecule has 0 unspecified atom stereocenters. The van der Waals surface area contributed by atoms with Crippen molar-refractivity contribution in [1.29, 1.82) is 0 Å². The minimum atomic E-state index is -1.11. The van der Waals surface area contributed by atoms with Gasteiger partial charge in [0.2, 0.25) is 5.78 Å². The SMILES string of the molecule is CC(C)n1ncc(Cl)c1C(=O)c1ccc(F)c(F)c1Br. The van der Waals surface area contributed by atoms with E-state index < -0.39 is 17.4 Å². The fraction of sp³-hybridized carbons (Fsp3) is 0.231. The molecular weight excluding hydrogens is 354 g/mol. The molecule has 0 amide bonds. The molecular formula is C13H10BrClF2N2O. The van der Waals surface area contributed by atoms with Crippen molar-refractivity contribution in [3.63, 3.8) is 0 Å². The van der Waals surface area contributed by atoms with Gasteiger partial charge in [-0.15, -0.1) is 0 Å². The highest BCUT2D eigenvalue weighted by Crippen LogP contribution is 2.28. The van der Waals surface area contributed by atoms with E-state index in [1.54, 1.807) is 0 Å². The summed E-state index contributed by atoms with van der Waals surface area (Å²) in [6.07, 6.45) is 1.35. The molecule has 0 radical (unpaired) electrons. The summed E-state index contributed by atoms with van der Waals surface area (Å²) >= 11 is 8.86. The first kappa shape index (κ1) is 15.1. The van der Waals surface area contributed by atoms with Gasteiger partial charge in [0, 0.05) is 11.6 Å². The summed E-state index contributed by atoms with van der Waals surface area (Å²) in [6.45, 7) is 3.67. The Balaban J connectivity index is 2.58. The van der Waals surface area contributed by atoms with Crippen LogP contribution in [-0.2, 0) is 0 Å². The molecule has 1 aromatic heterocycles. The van der Waals surface area contributed by atoms with Crippen LogP contribution in [0.2, 0.25) is 5.02 Å². The average molecular weight is 364 g/mol. The largest absolute Gasteiger partial charge is 0.287 e. The second-order valence-electron chi connectivity index (χ2n) is 4.43. The fourth-order valence-electron chi connectivity index (χ4n) is 1.77. The number of halogens is 4. The van der Waals surface area contributed by atoms with Gasteiger partial charge >= 0.3 is 0 Å². The minimum absolute atomic E-state index is 0.00630. The maximum absolute atomic E-state index is 13.5. The zero-order chi connectivity index (χ0) is 15.0. The quantitative estimate of drug-likeness (QED) is 0.599. The van der Waals surface area contributed by atoms with Crippen LogP contribution < -0.4 is 0 Å². The number of hydrogen-bond acceptors (Lipinski definition) is 2. The van der Waals surface area contributed by atoms with Gasteiger partial charge in [0.1, 0.15) is 5.69 Å². The number of rotatable bonds is 3. The minimum Gasteiger partial charge on any atom is -0.287 e. The Morgan fingerprint density at radius 2 is 2.05 bits per heavy atom. The Bertz CT molecular complexity index is 685. The van der Waals surface area contributed by atoms with Gasteiger partial charge in [0.15, 0.2) is 11.6 Å². The molecule has 0 aliphatic heterocycles. The highest BCUT2D eigenvalue weighted by Gasteiger charge is 2.24. The maximum Gasteiger partial charge on any atom is 0.213 e. The third-order valence-corrected chi connectivity index (χ3v) is 3.79. The number of ketones is 1. The smallest absolute Gasteiger partial charge is 0.213 e. The molecule has 20 heavy (non-hydrogen) atoms. The molecule has 3 nitrogen and oxygen atoms in total. The molecule has 1 heterocycles. The van der Waals surface area contributed by atoms with Gasteiger partial charge in [-0.3, -0.25) is 9.48 Å². The lowest BCUT2D eigenvalue weighted by molar-refractivity contribution is 0.102. The number of carbonyl (C=O) groups is 1. The molecule has 0 bridgehead atoms. The van der Waals surface area contributed by atoms with Crippen LogP contribution >= 0.6 is 27.5 Å². The molecule has 0 aliphatic rings. The normalized spacial score (nSPS) is 11.2. The zero-order valence-corrected chi connectivity index (χ0v) is 13.0. The van der Waals surface area contributed by atoms with E-state index >= 15 is 0 Å². The van der Waals surface area contributed by atoms with E-state index in [0.717, 1.165) is 6.07 Å². The third-order valence-electron chi connectivity index (χ3n) is 2.73. The van der Waals surface area contributed by atoms with Crippen LogP contribution in [0.15, 0.2) is 22.8 Å². The van der Waals surface area contributed by atoms with E-state index in [-0.39, 0.29) is 26.8 Å². The van der Waals surface area contributed by atoms with Crippen LogP contribution in [0.3, 0.4) is 0 Å². The highest BCUT2D eigenvalue weighted by atomic mass is 79.9. The molecule has 1 aromatic carbocycles. The molecule has 7 heteroatoms. The van der Waals surface area contributed by atoms with Crippen LogP contribution in [-0.4, -0.2) is 15.6 Å². The molecule has 0 saturated heterocycles. The molecule has 0 spiro atoms. The molecule has 2 aromatic rings. The first-order valence-electron chi connectivity index (χ1n) is 5.75. The summed E-state index contributed by atoms with van der Waals surface area (Å²) < 4.78 is 27.8. The Kier molecular flexibility index (Phi) is 4.25. The van der Waals surface area contributed by atoms with Crippen molar-refractivity contribution >= 4 is 33.3 Å². The molecule has 0 saturated carbocycles. The van der Waals surface area contributed by atoms with Crippen LogP contribution in [0.1, 0.15) is 35.9 Å². The molecule has 0 fully saturated rings. The van der Waals surface area contributed by atoms with E-state index in [2.05, 4.69) is 21.0 Å². The van der Waals surface area contributed by atoms with Gasteiger partial charge in [-0.05, 0) is 41.9 Å². The van der Waals surface area contributed by atoms with E-state index in [4.69, 9.17) is 11.6 Å². The number of carbonyl (C=O) groups excluding carboxylic acids is 1. The Hall–Kier alpha value is -1.27. The van der Waals surface area contributed by atoms with Gasteiger partial charge in [-0.25, -0.2) is 8.78 Å². The van der Waals surface area contributed by atoms with Crippen molar-refractivity contribution in [3.8, 4) is 0 Å². The van der Waals surface area contributed by atoms with Crippen molar-refractivity contribution < 1.29 is 13.6 Å². The number of hydrogen-bond donors (Lipinski definition) is 0. The molecule has 0 N–H and O–H groups in total. The zero-order valence-electron chi connectivity index (χ0n) is 10.6. The Morgan fingerprint density at radius 3 is 2.65 bits per heavy atom. The number of benzene rings is 1. The topological polar surface area (TPSA) is 34.9 Å². The molecule has 0 aliphatic carbocycles. The van der Waals surface area contributed by atoms with Gasteiger partial charge in [-0.2, -0.15) is 5.10 Å². The lowest BCUT2D eigenvalue weighted by Gasteiger charge is -2.11. The van der Waals surface area contributed by atoms with E-state index in [0.29, 0.717) is 0 Å². The highest BCUT2D eigenvalue weighted by molar-refractivity contribution is 9.10. The van der Waals surface area contributed by atoms with Crippen LogP contribution in [0.5, 0.6) is 0 Å². The standard InChI is InChI=1S/C13H10BrClF2N2O/c1-6(2)19-12(8(15)5-18-19)13(20)7-3-4-9(16)11(17)10(7)14/h3-6H,1-2H3. The van der Waals surface area contributed by atoms with Crippen LogP contribution in [0.25, 0.3) is 0 Å². The molecule has 2 rings (SSSR count). The summed E-state index contributed by atoms with van der Waals surface area (Å²) in [5.41, 5.74) is 0.140. The van der Waals surface area contributed by atoms with Gasteiger partial charge in [0.05, 0.1) is 15.7 Å². The average Bonchev–Trinajstić information content (AvgIpc) is 2.77. The third kappa shape index (κ3) is 2.50. The van der Waals surface area contributed by atoms with Gasteiger partial charge in [-0.1, -0.05) is 11.6 Å². The Morgan fingerprint density at radius 1 is 1.40 bits per heavy atom. The lowest BCUT2D eigenvalue weighted by Crippen LogP contribution is -2.14. The van der Waals surface area contributed by atoms with E-state index in [9.17, 15) is 13.6 Å². The predicted octanol–water partition coefficient (Wildman–Crippen LogP) is 4.39.